The zero-order chi connectivity index (χ0) is 26.0. The van der Waals surface area contributed by atoms with Crippen LogP contribution in [0.1, 0.15) is 11.1 Å². The number of carbonyl (C=O) groups excluding carboxylic acids is 1. The molecule has 184 valence electrons. The minimum atomic E-state index is -4.84. The van der Waals surface area contributed by atoms with Gasteiger partial charge in [0.15, 0.2) is 0 Å². The van der Waals surface area contributed by atoms with Crippen LogP contribution >= 0.6 is 11.6 Å². The van der Waals surface area contributed by atoms with Gasteiger partial charge in [0.25, 0.3) is 10.0 Å². The van der Waals surface area contributed by atoms with Crippen LogP contribution in [0.2, 0.25) is 5.02 Å². The van der Waals surface area contributed by atoms with E-state index < -0.39 is 31.7 Å². The predicted molar refractivity (Wildman–Crippen MR) is 126 cm³/mol. The highest BCUT2D eigenvalue weighted by Gasteiger charge is 2.34. The normalized spacial score (nSPS) is 11.6. The van der Waals surface area contributed by atoms with Gasteiger partial charge in [0.1, 0.15) is 11.4 Å². The van der Waals surface area contributed by atoms with Crippen molar-refractivity contribution in [3.05, 3.63) is 83.5 Å². The SMILES string of the molecule is C=CC(=O)N(C)c1ccc(Oc2ncc(C)cc2NS(=O)(=O)c2ccc(Cl)c(C(F)(F)F)c2)cc1. The van der Waals surface area contributed by atoms with Crippen molar-refractivity contribution in [1.82, 2.24) is 4.98 Å². The molecule has 2 aromatic carbocycles. The lowest BCUT2D eigenvalue weighted by Gasteiger charge is -2.17. The molecule has 12 heteroatoms. The van der Waals surface area contributed by atoms with E-state index in [4.69, 9.17) is 16.3 Å². The van der Waals surface area contributed by atoms with Crippen LogP contribution < -0.4 is 14.4 Å². The molecule has 0 atom stereocenters. The van der Waals surface area contributed by atoms with Crippen LogP contribution in [-0.4, -0.2) is 26.4 Å². The van der Waals surface area contributed by atoms with E-state index >= 15 is 0 Å². The first kappa shape index (κ1) is 26.0. The van der Waals surface area contributed by atoms with Crippen molar-refractivity contribution >= 4 is 38.9 Å². The molecule has 0 saturated carbocycles. The van der Waals surface area contributed by atoms with Crippen LogP contribution in [0.25, 0.3) is 0 Å². The van der Waals surface area contributed by atoms with Crippen molar-refractivity contribution in [2.45, 2.75) is 18.0 Å². The molecule has 0 aliphatic rings. The van der Waals surface area contributed by atoms with Crippen LogP contribution in [0.5, 0.6) is 11.6 Å². The van der Waals surface area contributed by atoms with E-state index in [1.165, 1.54) is 29.3 Å². The second-order valence-electron chi connectivity index (χ2n) is 7.31. The van der Waals surface area contributed by atoms with E-state index in [-0.39, 0.29) is 23.2 Å². The van der Waals surface area contributed by atoms with Crippen molar-refractivity contribution in [3.8, 4) is 11.6 Å². The quantitative estimate of drug-likeness (QED) is 0.394. The molecule has 1 heterocycles. The van der Waals surface area contributed by atoms with Gasteiger partial charge in [0.2, 0.25) is 11.8 Å². The Morgan fingerprint density at radius 2 is 1.83 bits per heavy atom. The van der Waals surface area contributed by atoms with Gasteiger partial charge in [-0.15, -0.1) is 0 Å². The Kier molecular flexibility index (Phi) is 7.41. The number of amides is 1. The zero-order valence-electron chi connectivity index (χ0n) is 18.4. The molecule has 0 spiro atoms. The molecule has 0 radical (unpaired) electrons. The third-order valence-electron chi connectivity index (χ3n) is 4.73. The van der Waals surface area contributed by atoms with Gasteiger partial charge in [-0.1, -0.05) is 18.2 Å². The Bertz CT molecular complexity index is 1380. The molecule has 1 amide bonds. The Morgan fingerprint density at radius 3 is 2.43 bits per heavy atom. The van der Waals surface area contributed by atoms with E-state index in [1.54, 1.807) is 26.1 Å². The Morgan fingerprint density at radius 1 is 1.17 bits per heavy atom. The molecule has 1 aromatic heterocycles. The maximum absolute atomic E-state index is 13.2. The zero-order valence-corrected chi connectivity index (χ0v) is 20.0. The van der Waals surface area contributed by atoms with E-state index in [9.17, 15) is 26.4 Å². The molecule has 35 heavy (non-hydrogen) atoms. The number of pyridine rings is 1. The molecule has 3 aromatic rings. The van der Waals surface area contributed by atoms with Gasteiger partial charge in [-0.25, -0.2) is 13.4 Å². The number of alkyl halides is 3. The summed E-state index contributed by atoms with van der Waals surface area (Å²) in [5.41, 5.74) is -0.234. The van der Waals surface area contributed by atoms with Gasteiger partial charge in [0, 0.05) is 18.9 Å². The van der Waals surface area contributed by atoms with Crippen molar-refractivity contribution in [3.63, 3.8) is 0 Å². The summed E-state index contributed by atoms with van der Waals surface area (Å²) in [6.45, 7) is 5.08. The summed E-state index contributed by atoms with van der Waals surface area (Å²) in [6.07, 6.45) is -2.24. The number of carbonyl (C=O) groups is 1. The van der Waals surface area contributed by atoms with E-state index in [2.05, 4.69) is 16.3 Å². The lowest BCUT2D eigenvalue weighted by Crippen LogP contribution is -2.23. The molecule has 0 saturated heterocycles. The number of aromatic nitrogens is 1. The largest absolute Gasteiger partial charge is 0.437 e. The van der Waals surface area contributed by atoms with Crippen LogP contribution in [0.15, 0.2) is 72.3 Å². The molecule has 0 bridgehead atoms. The van der Waals surface area contributed by atoms with Crippen molar-refractivity contribution in [2.24, 2.45) is 0 Å². The van der Waals surface area contributed by atoms with Crippen LogP contribution in [0.3, 0.4) is 0 Å². The minimum absolute atomic E-state index is 0.0865. The Hall–Kier alpha value is -3.57. The summed E-state index contributed by atoms with van der Waals surface area (Å²) in [5.74, 6) is -0.172. The number of likely N-dealkylation sites (N-methyl/N-ethyl adjacent to an activating group) is 1. The molecular weight excluding hydrogens is 507 g/mol. The molecule has 0 unspecified atom stereocenters. The average molecular weight is 526 g/mol. The lowest BCUT2D eigenvalue weighted by atomic mass is 10.2. The lowest BCUT2D eigenvalue weighted by molar-refractivity contribution is -0.137. The number of aryl methyl sites for hydroxylation is 1. The smallest absolute Gasteiger partial charge is 0.417 e. The summed E-state index contributed by atoms with van der Waals surface area (Å²) < 4.78 is 73.2. The number of hydrogen-bond donors (Lipinski definition) is 1. The van der Waals surface area contributed by atoms with Crippen LogP contribution in [0.4, 0.5) is 24.5 Å². The minimum Gasteiger partial charge on any atom is -0.437 e. The number of halogens is 4. The molecule has 0 fully saturated rings. The number of benzene rings is 2. The third kappa shape index (κ3) is 6.11. The maximum atomic E-state index is 13.2. The van der Waals surface area contributed by atoms with Gasteiger partial charge >= 0.3 is 6.18 Å². The molecular formula is C23H19ClF3N3O4S. The van der Waals surface area contributed by atoms with Gasteiger partial charge < -0.3 is 9.64 Å². The number of nitrogens with one attached hydrogen (secondary N) is 1. The highest BCUT2D eigenvalue weighted by molar-refractivity contribution is 7.92. The number of sulfonamides is 1. The highest BCUT2D eigenvalue weighted by Crippen LogP contribution is 2.37. The van der Waals surface area contributed by atoms with Crippen molar-refractivity contribution < 1.29 is 31.1 Å². The summed E-state index contributed by atoms with van der Waals surface area (Å²) in [5, 5.41) is -0.624. The number of anilines is 2. The fourth-order valence-corrected chi connectivity index (χ4v) is 4.22. The fourth-order valence-electron chi connectivity index (χ4n) is 2.92. The maximum Gasteiger partial charge on any atom is 0.417 e. The summed E-state index contributed by atoms with van der Waals surface area (Å²) in [7, 11) is -2.89. The second-order valence-corrected chi connectivity index (χ2v) is 9.40. The van der Waals surface area contributed by atoms with Crippen molar-refractivity contribution in [2.75, 3.05) is 16.7 Å². The monoisotopic (exact) mass is 525 g/mol. The van der Waals surface area contributed by atoms with E-state index in [1.807, 2.05) is 0 Å². The Balaban J connectivity index is 1.91. The van der Waals surface area contributed by atoms with Gasteiger partial charge in [0.05, 0.1) is 15.5 Å². The number of ether oxygens (including phenoxy) is 1. The second kappa shape index (κ2) is 9.96. The highest BCUT2D eigenvalue weighted by atomic mass is 35.5. The van der Waals surface area contributed by atoms with Gasteiger partial charge in [-0.2, -0.15) is 13.2 Å². The Labute approximate surface area is 204 Å². The average Bonchev–Trinajstić information content (AvgIpc) is 2.79. The summed E-state index contributed by atoms with van der Waals surface area (Å²) >= 11 is 5.59. The number of hydrogen-bond acceptors (Lipinski definition) is 5. The number of nitrogens with zero attached hydrogens (tertiary/aromatic N) is 2. The van der Waals surface area contributed by atoms with Crippen LogP contribution in [0, 0.1) is 6.92 Å². The van der Waals surface area contributed by atoms with Gasteiger partial charge in [-0.3, -0.25) is 9.52 Å². The molecule has 0 aliphatic heterocycles. The predicted octanol–water partition coefficient (Wildman–Crippen LogP) is 5.80. The van der Waals surface area contributed by atoms with Crippen LogP contribution in [-0.2, 0) is 21.0 Å². The first-order valence-corrected chi connectivity index (χ1v) is 11.7. The first-order valence-electron chi connectivity index (χ1n) is 9.86. The molecule has 1 N–H and O–H groups in total. The van der Waals surface area contributed by atoms with E-state index in [0.29, 0.717) is 17.3 Å². The summed E-state index contributed by atoms with van der Waals surface area (Å²) in [6, 6.07) is 9.97. The molecule has 3 rings (SSSR count). The number of rotatable bonds is 7. The van der Waals surface area contributed by atoms with Gasteiger partial charge in [-0.05, 0) is 67.1 Å². The summed E-state index contributed by atoms with van der Waals surface area (Å²) in [4.78, 5) is 16.6. The molecule has 0 aliphatic carbocycles. The molecule has 7 nitrogen and oxygen atoms in total. The van der Waals surface area contributed by atoms with Crippen molar-refractivity contribution in [1.29, 1.82) is 0 Å². The van der Waals surface area contributed by atoms with E-state index in [0.717, 1.165) is 18.2 Å². The fraction of sp³-hybridized carbons (Fsp3) is 0.130. The first-order chi connectivity index (χ1) is 16.3. The third-order valence-corrected chi connectivity index (χ3v) is 6.42. The standard InChI is InChI=1S/C23H19ClF3N3O4S/c1-4-21(31)30(3)15-5-7-16(8-6-15)34-22-20(11-14(2)13-28-22)29-35(32,33)17-9-10-19(24)18(12-17)23(25,26)27/h4-13,29H,1H2,2-3H3. The topological polar surface area (TPSA) is 88.6 Å².